The Labute approximate surface area is 167 Å². The van der Waals surface area contributed by atoms with Crippen LogP contribution >= 0.6 is 23.2 Å². The Hall–Kier alpha value is -3.41. The number of H-pyrrole nitrogens is 1. The van der Waals surface area contributed by atoms with E-state index in [1.807, 2.05) is 4.98 Å². The minimum atomic E-state index is -1.58. The van der Waals surface area contributed by atoms with Crippen molar-refractivity contribution in [2.24, 2.45) is 0 Å². The first-order valence-corrected chi connectivity index (χ1v) is 8.49. The standard InChI is InChI=1S/C18H10Cl2N4O4/c19-10-3-1-9(2-4-10)13(8-21)12-6-5-11(7-14(12)20)24-18(28)22-16(25)15(23-24)17(26)27/h1-7,13H,(H,26,27)(H,22,25,28). The topological polar surface area (TPSA) is 129 Å². The van der Waals surface area contributed by atoms with Gasteiger partial charge in [0.2, 0.25) is 5.69 Å². The molecule has 0 fully saturated rings. The molecule has 0 saturated heterocycles. The molecule has 0 saturated carbocycles. The van der Waals surface area contributed by atoms with Crippen molar-refractivity contribution in [1.29, 1.82) is 5.26 Å². The number of aromatic nitrogens is 3. The SMILES string of the molecule is N#CC(c1ccc(Cl)cc1)c1ccc(-n2nc(C(=O)O)c(=O)[nH]c2=O)cc1Cl. The van der Waals surface area contributed by atoms with Crippen LogP contribution in [-0.2, 0) is 0 Å². The van der Waals surface area contributed by atoms with Crippen LogP contribution in [0.15, 0.2) is 52.1 Å². The van der Waals surface area contributed by atoms with Crippen LogP contribution < -0.4 is 11.2 Å². The van der Waals surface area contributed by atoms with E-state index in [1.165, 1.54) is 18.2 Å². The number of rotatable bonds is 4. The number of hydrogen-bond acceptors (Lipinski definition) is 5. The molecule has 2 N–H and O–H groups in total. The van der Waals surface area contributed by atoms with Gasteiger partial charge in [0.1, 0.15) is 0 Å². The summed E-state index contributed by atoms with van der Waals surface area (Å²) in [6.45, 7) is 0. The van der Waals surface area contributed by atoms with Crippen LogP contribution in [0.5, 0.6) is 0 Å². The van der Waals surface area contributed by atoms with E-state index in [4.69, 9.17) is 28.3 Å². The number of nitrogens with zero attached hydrogens (tertiary/aromatic N) is 3. The van der Waals surface area contributed by atoms with Gasteiger partial charge in [0.25, 0.3) is 5.56 Å². The average molecular weight is 417 g/mol. The molecule has 0 aliphatic heterocycles. The van der Waals surface area contributed by atoms with Crippen LogP contribution in [0.2, 0.25) is 10.0 Å². The molecule has 0 bridgehead atoms. The van der Waals surface area contributed by atoms with E-state index in [0.29, 0.717) is 20.8 Å². The molecule has 8 nitrogen and oxygen atoms in total. The maximum absolute atomic E-state index is 12.0. The predicted molar refractivity (Wildman–Crippen MR) is 101 cm³/mol. The molecule has 28 heavy (non-hydrogen) atoms. The van der Waals surface area contributed by atoms with E-state index in [1.54, 1.807) is 24.3 Å². The van der Waals surface area contributed by atoms with Gasteiger partial charge in [-0.05, 0) is 35.4 Å². The molecule has 1 unspecified atom stereocenters. The Morgan fingerprint density at radius 2 is 1.86 bits per heavy atom. The second-order valence-electron chi connectivity index (χ2n) is 5.64. The molecule has 2 aromatic carbocycles. The third-order valence-electron chi connectivity index (χ3n) is 3.90. The Balaban J connectivity index is 2.08. The zero-order chi connectivity index (χ0) is 20.4. The maximum atomic E-state index is 12.0. The van der Waals surface area contributed by atoms with E-state index < -0.39 is 28.8 Å². The molecule has 0 aliphatic carbocycles. The van der Waals surface area contributed by atoms with Gasteiger partial charge in [-0.25, -0.2) is 9.59 Å². The van der Waals surface area contributed by atoms with Gasteiger partial charge in [-0.1, -0.05) is 41.4 Å². The molecule has 3 rings (SSSR count). The molecule has 140 valence electrons. The zero-order valence-corrected chi connectivity index (χ0v) is 15.4. The molecule has 10 heteroatoms. The monoisotopic (exact) mass is 416 g/mol. The van der Waals surface area contributed by atoms with Crippen LogP contribution in [0.25, 0.3) is 5.69 Å². The Morgan fingerprint density at radius 3 is 2.43 bits per heavy atom. The lowest BCUT2D eigenvalue weighted by Gasteiger charge is -2.13. The molecule has 0 spiro atoms. The first-order valence-electron chi connectivity index (χ1n) is 7.73. The second kappa shape index (κ2) is 7.68. The van der Waals surface area contributed by atoms with E-state index in [0.717, 1.165) is 0 Å². The maximum Gasteiger partial charge on any atom is 0.362 e. The van der Waals surface area contributed by atoms with Gasteiger partial charge in [-0.15, -0.1) is 0 Å². The largest absolute Gasteiger partial charge is 0.476 e. The number of nitrogens with one attached hydrogen (secondary N) is 1. The summed E-state index contributed by atoms with van der Waals surface area (Å²) in [5.74, 6) is -2.27. The van der Waals surface area contributed by atoms with Crippen molar-refractivity contribution in [2.45, 2.75) is 5.92 Å². The highest BCUT2D eigenvalue weighted by molar-refractivity contribution is 6.31. The molecule has 0 radical (unpaired) electrons. The molecular weight excluding hydrogens is 407 g/mol. The Morgan fingerprint density at radius 1 is 1.18 bits per heavy atom. The third-order valence-corrected chi connectivity index (χ3v) is 4.48. The average Bonchev–Trinajstić information content (AvgIpc) is 2.64. The fraction of sp³-hybridized carbons (Fsp3) is 0.0556. The van der Waals surface area contributed by atoms with Crippen molar-refractivity contribution < 1.29 is 9.90 Å². The van der Waals surface area contributed by atoms with Crippen LogP contribution in [0.3, 0.4) is 0 Å². The van der Waals surface area contributed by atoms with Crippen molar-refractivity contribution in [3.8, 4) is 11.8 Å². The van der Waals surface area contributed by atoms with Crippen molar-refractivity contribution in [3.63, 3.8) is 0 Å². The van der Waals surface area contributed by atoms with Gasteiger partial charge in [-0.2, -0.15) is 15.0 Å². The summed E-state index contributed by atoms with van der Waals surface area (Å²) in [6.07, 6.45) is 0. The summed E-state index contributed by atoms with van der Waals surface area (Å²) in [4.78, 5) is 36.5. The predicted octanol–water partition coefficient (Wildman–Crippen LogP) is 2.58. The fourth-order valence-electron chi connectivity index (χ4n) is 2.58. The van der Waals surface area contributed by atoms with Crippen molar-refractivity contribution in [1.82, 2.24) is 14.8 Å². The highest BCUT2D eigenvalue weighted by Gasteiger charge is 2.19. The van der Waals surface area contributed by atoms with Crippen LogP contribution in [0, 0.1) is 11.3 Å². The Kier molecular flexibility index (Phi) is 5.31. The minimum absolute atomic E-state index is 0.130. The molecule has 1 atom stereocenters. The fourth-order valence-corrected chi connectivity index (χ4v) is 2.99. The van der Waals surface area contributed by atoms with Crippen LogP contribution in [0.4, 0.5) is 0 Å². The highest BCUT2D eigenvalue weighted by atomic mass is 35.5. The first kappa shape index (κ1) is 19.4. The van der Waals surface area contributed by atoms with Gasteiger partial charge < -0.3 is 5.11 Å². The van der Waals surface area contributed by atoms with E-state index >= 15 is 0 Å². The van der Waals surface area contributed by atoms with Crippen molar-refractivity contribution >= 4 is 29.2 Å². The molecule has 0 amide bonds. The lowest BCUT2D eigenvalue weighted by atomic mass is 9.92. The van der Waals surface area contributed by atoms with Gasteiger partial charge in [0, 0.05) is 10.0 Å². The molecule has 1 aromatic heterocycles. The van der Waals surface area contributed by atoms with E-state index in [-0.39, 0.29) is 10.7 Å². The first-order chi connectivity index (χ1) is 13.3. The third kappa shape index (κ3) is 3.67. The lowest BCUT2D eigenvalue weighted by Crippen LogP contribution is -2.35. The van der Waals surface area contributed by atoms with Gasteiger partial charge >= 0.3 is 11.7 Å². The summed E-state index contributed by atoms with van der Waals surface area (Å²) in [5, 5.41) is 22.8. The van der Waals surface area contributed by atoms with Gasteiger partial charge in [-0.3, -0.25) is 9.78 Å². The number of carboxylic acids is 1. The summed E-state index contributed by atoms with van der Waals surface area (Å²) in [5.41, 5.74) is -1.58. The summed E-state index contributed by atoms with van der Waals surface area (Å²) in [7, 11) is 0. The quantitative estimate of drug-likeness (QED) is 0.672. The number of benzene rings is 2. The molecular formula is C18H10Cl2N4O4. The number of carbonyl (C=O) groups is 1. The normalized spacial score (nSPS) is 11.6. The number of nitriles is 1. The van der Waals surface area contributed by atoms with Gasteiger partial charge in [0.15, 0.2) is 0 Å². The number of carboxylic acid groups (broad SMARTS) is 1. The lowest BCUT2D eigenvalue weighted by molar-refractivity contribution is 0.0685. The van der Waals surface area contributed by atoms with E-state index in [2.05, 4.69) is 11.2 Å². The molecule has 0 aliphatic rings. The van der Waals surface area contributed by atoms with Crippen molar-refractivity contribution in [3.05, 3.63) is 90.2 Å². The number of aromatic carboxylic acids is 1. The van der Waals surface area contributed by atoms with Crippen LogP contribution in [-0.4, -0.2) is 25.8 Å². The number of hydrogen-bond donors (Lipinski definition) is 2. The van der Waals surface area contributed by atoms with Gasteiger partial charge in [0.05, 0.1) is 17.7 Å². The Bertz CT molecular complexity index is 1230. The summed E-state index contributed by atoms with van der Waals surface area (Å²) >= 11 is 12.2. The van der Waals surface area contributed by atoms with Crippen LogP contribution in [0.1, 0.15) is 27.5 Å². The summed E-state index contributed by atoms with van der Waals surface area (Å²) in [6, 6.07) is 13.2. The van der Waals surface area contributed by atoms with E-state index in [9.17, 15) is 19.6 Å². The minimum Gasteiger partial charge on any atom is -0.476 e. The van der Waals surface area contributed by atoms with Crippen molar-refractivity contribution in [2.75, 3.05) is 0 Å². The highest BCUT2D eigenvalue weighted by Crippen LogP contribution is 2.31. The summed E-state index contributed by atoms with van der Waals surface area (Å²) < 4.78 is 0.712. The zero-order valence-electron chi connectivity index (χ0n) is 13.9. The molecule has 3 aromatic rings. The second-order valence-corrected chi connectivity index (χ2v) is 6.49. The smallest absolute Gasteiger partial charge is 0.362 e. The molecule has 1 heterocycles. The number of aromatic amines is 1. The number of halogens is 2.